The van der Waals surface area contributed by atoms with Gasteiger partial charge in [-0.05, 0) is 17.9 Å². The highest BCUT2D eigenvalue weighted by molar-refractivity contribution is 5.62. The number of aliphatic hydroxyl groups is 1. The van der Waals surface area contributed by atoms with E-state index in [0.717, 1.165) is 28.9 Å². The molecule has 0 radical (unpaired) electrons. The van der Waals surface area contributed by atoms with Crippen molar-refractivity contribution in [3.63, 3.8) is 0 Å². The summed E-state index contributed by atoms with van der Waals surface area (Å²) in [6, 6.07) is 14.0. The van der Waals surface area contributed by atoms with Crippen molar-refractivity contribution in [3.05, 3.63) is 72.4 Å². The van der Waals surface area contributed by atoms with Gasteiger partial charge in [0.2, 0.25) is 0 Å². The number of nitrogens with zero attached hydrogens (tertiary/aromatic N) is 3. The molecule has 0 amide bonds. The van der Waals surface area contributed by atoms with E-state index in [-0.39, 0.29) is 5.41 Å². The van der Waals surface area contributed by atoms with Gasteiger partial charge in [-0.25, -0.2) is 4.98 Å². The molecule has 3 aromatic rings. The number of rotatable bonds is 5. The van der Waals surface area contributed by atoms with Crippen LogP contribution in [0.4, 0.5) is 0 Å². The number of aromatic nitrogens is 3. The Balaban J connectivity index is 1.95. The monoisotopic (exact) mass is 335 g/mol. The molecule has 0 bridgehead atoms. The topological polar surface area (TPSA) is 50.9 Å². The van der Waals surface area contributed by atoms with E-state index < -0.39 is 6.10 Å². The fraction of sp³-hybridized carbons (Fsp3) is 0.333. The van der Waals surface area contributed by atoms with Crippen molar-refractivity contribution in [2.75, 3.05) is 0 Å². The molecule has 1 aromatic carbocycles. The Labute approximate surface area is 149 Å². The Morgan fingerprint density at radius 1 is 1.08 bits per heavy atom. The van der Waals surface area contributed by atoms with Crippen molar-refractivity contribution < 1.29 is 5.11 Å². The molecule has 0 saturated carbocycles. The smallest absolute Gasteiger partial charge is 0.0984 e. The van der Waals surface area contributed by atoms with Crippen molar-refractivity contribution in [3.8, 4) is 11.3 Å². The maximum Gasteiger partial charge on any atom is 0.0984 e. The highest BCUT2D eigenvalue weighted by Crippen LogP contribution is 2.29. The van der Waals surface area contributed by atoms with Crippen LogP contribution in [0.25, 0.3) is 11.3 Å². The lowest BCUT2D eigenvalue weighted by Gasteiger charge is -2.21. The van der Waals surface area contributed by atoms with E-state index >= 15 is 0 Å². The standard InChI is InChI=1S/C21H25N3O/c1-21(2,3)12-18-20(16-8-5-4-6-9-16)23-15-24(18)14-19(25)17-10-7-11-22-13-17/h4-11,13,15,19,25H,12,14H2,1-3H3/t19-/m1/s1. The molecular formula is C21H25N3O. The Bertz CT molecular complexity index is 804. The number of hydrogen-bond donors (Lipinski definition) is 1. The molecule has 0 saturated heterocycles. The van der Waals surface area contributed by atoms with Crippen LogP contribution in [0.1, 0.15) is 38.1 Å². The zero-order chi connectivity index (χ0) is 17.9. The Kier molecular flexibility index (Phi) is 5.00. The van der Waals surface area contributed by atoms with Crippen LogP contribution >= 0.6 is 0 Å². The zero-order valence-corrected chi connectivity index (χ0v) is 15.1. The number of pyridine rings is 1. The van der Waals surface area contributed by atoms with Crippen LogP contribution in [0, 0.1) is 5.41 Å². The average Bonchev–Trinajstić information content (AvgIpc) is 2.97. The number of imidazole rings is 1. The summed E-state index contributed by atoms with van der Waals surface area (Å²) in [5.41, 5.74) is 4.20. The fourth-order valence-corrected chi connectivity index (χ4v) is 2.95. The first kappa shape index (κ1) is 17.4. The molecule has 4 nitrogen and oxygen atoms in total. The molecule has 2 aromatic heterocycles. The van der Waals surface area contributed by atoms with Gasteiger partial charge in [-0.3, -0.25) is 4.98 Å². The van der Waals surface area contributed by atoms with Crippen LogP contribution < -0.4 is 0 Å². The van der Waals surface area contributed by atoms with E-state index in [1.165, 1.54) is 0 Å². The highest BCUT2D eigenvalue weighted by Gasteiger charge is 2.21. The molecule has 25 heavy (non-hydrogen) atoms. The van der Waals surface area contributed by atoms with Crippen molar-refractivity contribution >= 4 is 0 Å². The molecule has 0 aliphatic rings. The summed E-state index contributed by atoms with van der Waals surface area (Å²) in [7, 11) is 0. The van der Waals surface area contributed by atoms with Gasteiger partial charge in [-0.1, -0.05) is 57.2 Å². The van der Waals surface area contributed by atoms with Crippen molar-refractivity contribution in [1.29, 1.82) is 0 Å². The van der Waals surface area contributed by atoms with Gasteiger partial charge in [0.25, 0.3) is 0 Å². The van der Waals surface area contributed by atoms with Gasteiger partial charge in [-0.15, -0.1) is 0 Å². The molecule has 0 aliphatic carbocycles. The predicted octanol–water partition coefficient (Wildman–Crippen LogP) is 4.27. The molecule has 4 heteroatoms. The van der Waals surface area contributed by atoms with E-state index in [0.29, 0.717) is 6.54 Å². The van der Waals surface area contributed by atoms with Crippen LogP contribution in [-0.2, 0) is 13.0 Å². The first-order chi connectivity index (χ1) is 11.9. The van der Waals surface area contributed by atoms with E-state index in [9.17, 15) is 5.11 Å². The van der Waals surface area contributed by atoms with Crippen molar-refractivity contribution in [2.45, 2.75) is 39.8 Å². The third-order valence-electron chi connectivity index (χ3n) is 4.13. The minimum Gasteiger partial charge on any atom is -0.386 e. The summed E-state index contributed by atoms with van der Waals surface area (Å²) < 4.78 is 2.07. The lowest BCUT2D eigenvalue weighted by atomic mass is 9.89. The lowest BCUT2D eigenvalue weighted by molar-refractivity contribution is 0.154. The largest absolute Gasteiger partial charge is 0.386 e. The van der Waals surface area contributed by atoms with E-state index in [4.69, 9.17) is 0 Å². The second-order valence-corrected chi connectivity index (χ2v) is 7.60. The quantitative estimate of drug-likeness (QED) is 0.757. The minimum absolute atomic E-state index is 0.126. The lowest BCUT2D eigenvalue weighted by Crippen LogP contribution is -2.16. The molecule has 2 heterocycles. The molecule has 3 rings (SSSR count). The Morgan fingerprint density at radius 3 is 2.48 bits per heavy atom. The molecule has 0 unspecified atom stereocenters. The van der Waals surface area contributed by atoms with Crippen LogP contribution in [0.2, 0.25) is 0 Å². The van der Waals surface area contributed by atoms with Gasteiger partial charge in [-0.2, -0.15) is 0 Å². The molecule has 0 fully saturated rings. The van der Waals surface area contributed by atoms with Crippen LogP contribution in [0.5, 0.6) is 0 Å². The van der Waals surface area contributed by atoms with Crippen LogP contribution in [0.15, 0.2) is 61.2 Å². The molecule has 0 aliphatic heterocycles. The summed E-state index contributed by atoms with van der Waals surface area (Å²) in [5, 5.41) is 10.6. The third kappa shape index (κ3) is 4.34. The van der Waals surface area contributed by atoms with Crippen molar-refractivity contribution in [2.24, 2.45) is 5.41 Å². The zero-order valence-electron chi connectivity index (χ0n) is 15.1. The van der Waals surface area contributed by atoms with Gasteiger partial charge in [0.15, 0.2) is 0 Å². The van der Waals surface area contributed by atoms with Crippen molar-refractivity contribution in [1.82, 2.24) is 14.5 Å². The van der Waals surface area contributed by atoms with Gasteiger partial charge in [0.1, 0.15) is 0 Å². The predicted molar refractivity (Wildman–Crippen MR) is 100 cm³/mol. The van der Waals surface area contributed by atoms with Crippen LogP contribution in [0.3, 0.4) is 0 Å². The molecular weight excluding hydrogens is 310 g/mol. The molecule has 0 spiro atoms. The maximum absolute atomic E-state index is 10.6. The molecule has 1 N–H and O–H groups in total. The fourth-order valence-electron chi connectivity index (χ4n) is 2.95. The number of hydrogen-bond acceptors (Lipinski definition) is 3. The summed E-state index contributed by atoms with van der Waals surface area (Å²) in [6.07, 6.45) is 5.54. The highest BCUT2D eigenvalue weighted by atomic mass is 16.3. The first-order valence-electron chi connectivity index (χ1n) is 8.61. The molecule has 130 valence electrons. The molecule has 1 atom stereocenters. The van der Waals surface area contributed by atoms with Gasteiger partial charge >= 0.3 is 0 Å². The normalized spacial score (nSPS) is 13.0. The van der Waals surface area contributed by atoms with Crippen LogP contribution in [-0.4, -0.2) is 19.6 Å². The second-order valence-electron chi connectivity index (χ2n) is 7.60. The first-order valence-corrected chi connectivity index (χ1v) is 8.61. The van der Waals surface area contributed by atoms with Gasteiger partial charge in [0.05, 0.1) is 24.7 Å². The van der Waals surface area contributed by atoms with E-state index in [1.807, 2.05) is 36.7 Å². The minimum atomic E-state index is -0.606. The number of aliphatic hydroxyl groups excluding tert-OH is 1. The summed E-state index contributed by atoms with van der Waals surface area (Å²) in [6.45, 7) is 7.13. The maximum atomic E-state index is 10.6. The van der Waals surface area contributed by atoms with Gasteiger partial charge < -0.3 is 9.67 Å². The Morgan fingerprint density at radius 2 is 1.84 bits per heavy atom. The van der Waals surface area contributed by atoms with Gasteiger partial charge in [0, 0.05) is 29.2 Å². The number of benzene rings is 1. The SMILES string of the molecule is CC(C)(C)Cc1c(-c2ccccc2)ncn1C[C@@H](O)c1cccnc1. The summed E-state index contributed by atoms with van der Waals surface area (Å²) >= 11 is 0. The van der Waals surface area contributed by atoms with E-state index in [1.54, 1.807) is 12.4 Å². The second kappa shape index (κ2) is 7.19. The van der Waals surface area contributed by atoms with E-state index in [2.05, 4.69) is 47.4 Å². The third-order valence-corrected chi connectivity index (χ3v) is 4.13. The summed E-state index contributed by atoms with van der Waals surface area (Å²) in [4.78, 5) is 8.75. The summed E-state index contributed by atoms with van der Waals surface area (Å²) in [5.74, 6) is 0. The Hall–Kier alpha value is -2.46. The average molecular weight is 335 g/mol.